The summed E-state index contributed by atoms with van der Waals surface area (Å²) in [5.41, 5.74) is 0.941. The molecular formula is C13H18N2O2. The van der Waals surface area contributed by atoms with Gasteiger partial charge in [0.1, 0.15) is 5.82 Å². The third-order valence-electron chi connectivity index (χ3n) is 2.80. The number of rotatable bonds is 4. The molecule has 92 valence electrons. The van der Waals surface area contributed by atoms with Crippen molar-refractivity contribution in [2.75, 3.05) is 6.61 Å². The molecule has 1 heterocycles. The molecule has 0 saturated heterocycles. The largest absolute Gasteiger partial charge is 0.465 e. The number of hydrogen-bond acceptors (Lipinski definition) is 4. The normalized spacial score (nSPS) is 22.6. The number of nitrogens with zero attached hydrogens (tertiary/aromatic N) is 2. The molecule has 0 aliphatic heterocycles. The van der Waals surface area contributed by atoms with Crippen molar-refractivity contribution in [1.29, 1.82) is 0 Å². The molecule has 17 heavy (non-hydrogen) atoms. The van der Waals surface area contributed by atoms with Gasteiger partial charge in [0.05, 0.1) is 12.5 Å². The molecule has 0 amide bonds. The maximum absolute atomic E-state index is 11.7. The van der Waals surface area contributed by atoms with Crippen LogP contribution in [0.1, 0.15) is 37.7 Å². The van der Waals surface area contributed by atoms with Gasteiger partial charge in [-0.05, 0) is 25.3 Å². The summed E-state index contributed by atoms with van der Waals surface area (Å²) in [5, 5.41) is 0. The quantitative estimate of drug-likeness (QED) is 0.748. The van der Waals surface area contributed by atoms with Crippen LogP contribution in [0.2, 0.25) is 0 Å². The van der Waals surface area contributed by atoms with Crippen LogP contribution in [0.25, 0.3) is 0 Å². The Hall–Kier alpha value is -1.45. The second-order valence-corrected chi connectivity index (χ2v) is 5.03. The minimum atomic E-state index is -0.103. The van der Waals surface area contributed by atoms with Crippen LogP contribution in [0.5, 0.6) is 0 Å². The zero-order chi connectivity index (χ0) is 12.4. The van der Waals surface area contributed by atoms with Crippen LogP contribution in [0.15, 0.2) is 12.3 Å². The van der Waals surface area contributed by atoms with Crippen molar-refractivity contribution in [1.82, 2.24) is 9.97 Å². The standard InChI is InChI=1S/C13H18N2O2/c1-8(2)7-17-13(16)11-6-10(11)12-14-5-4-9(3)15-12/h4-5,8,10-11H,6-7H2,1-3H3/t10-,11-/m0/s1. The van der Waals surface area contributed by atoms with Gasteiger partial charge >= 0.3 is 5.97 Å². The maximum atomic E-state index is 11.7. The second-order valence-electron chi connectivity index (χ2n) is 5.03. The van der Waals surface area contributed by atoms with E-state index >= 15 is 0 Å². The average molecular weight is 234 g/mol. The van der Waals surface area contributed by atoms with Gasteiger partial charge in [0, 0.05) is 17.8 Å². The van der Waals surface area contributed by atoms with E-state index in [1.54, 1.807) is 6.20 Å². The van der Waals surface area contributed by atoms with Crippen LogP contribution in [0.3, 0.4) is 0 Å². The first-order valence-electron chi connectivity index (χ1n) is 6.04. The van der Waals surface area contributed by atoms with Crippen molar-refractivity contribution in [3.8, 4) is 0 Å². The van der Waals surface area contributed by atoms with Crippen molar-refractivity contribution < 1.29 is 9.53 Å². The minimum Gasteiger partial charge on any atom is -0.465 e. The van der Waals surface area contributed by atoms with Gasteiger partial charge in [-0.15, -0.1) is 0 Å². The molecule has 0 unspecified atom stereocenters. The first kappa shape index (κ1) is 12.0. The molecule has 1 saturated carbocycles. The molecule has 4 nitrogen and oxygen atoms in total. The molecule has 0 N–H and O–H groups in total. The minimum absolute atomic E-state index is 0.0319. The smallest absolute Gasteiger partial charge is 0.309 e. The number of esters is 1. The molecule has 0 bridgehead atoms. The van der Waals surface area contributed by atoms with E-state index in [9.17, 15) is 4.79 Å². The molecular weight excluding hydrogens is 216 g/mol. The fourth-order valence-corrected chi connectivity index (χ4v) is 1.74. The predicted molar refractivity (Wildman–Crippen MR) is 63.4 cm³/mol. The highest BCUT2D eigenvalue weighted by Crippen LogP contribution is 2.46. The number of hydrogen-bond donors (Lipinski definition) is 0. The lowest BCUT2D eigenvalue weighted by Gasteiger charge is -2.06. The lowest BCUT2D eigenvalue weighted by molar-refractivity contribution is -0.146. The van der Waals surface area contributed by atoms with E-state index in [0.717, 1.165) is 17.9 Å². The van der Waals surface area contributed by atoms with Crippen LogP contribution >= 0.6 is 0 Å². The van der Waals surface area contributed by atoms with Crippen LogP contribution in [-0.4, -0.2) is 22.5 Å². The summed E-state index contributed by atoms with van der Waals surface area (Å²) in [5.74, 6) is 1.18. The predicted octanol–water partition coefficient (Wildman–Crippen LogP) is 2.09. The van der Waals surface area contributed by atoms with Crippen molar-refractivity contribution in [2.45, 2.75) is 33.1 Å². The van der Waals surface area contributed by atoms with E-state index < -0.39 is 0 Å². The number of aromatic nitrogens is 2. The topological polar surface area (TPSA) is 52.1 Å². The van der Waals surface area contributed by atoms with Crippen molar-refractivity contribution >= 4 is 5.97 Å². The number of aryl methyl sites for hydroxylation is 1. The Balaban J connectivity index is 1.90. The molecule has 1 fully saturated rings. The monoisotopic (exact) mass is 234 g/mol. The highest BCUT2D eigenvalue weighted by atomic mass is 16.5. The molecule has 1 aliphatic rings. The number of ether oxygens (including phenoxy) is 1. The second kappa shape index (κ2) is 4.82. The molecule has 2 rings (SSSR count). The fourth-order valence-electron chi connectivity index (χ4n) is 1.74. The molecule has 2 atom stereocenters. The number of carbonyl (C=O) groups is 1. The average Bonchev–Trinajstić information content (AvgIpc) is 3.05. The van der Waals surface area contributed by atoms with E-state index in [2.05, 4.69) is 9.97 Å². The summed E-state index contributed by atoms with van der Waals surface area (Å²) < 4.78 is 5.21. The van der Waals surface area contributed by atoms with Crippen LogP contribution in [-0.2, 0) is 9.53 Å². The van der Waals surface area contributed by atoms with Gasteiger partial charge in [-0.3, -0.25) is 4.79 Å². The Labute approximate surface area is 101 Å². The molecule has 1 aliphatic carbocycles. The van der Waals surface area contributed by atoms with Gasteiger partial charge in [-0.1, -0.05) is 13.8 Å². The summed E-state index contributed by atoms with van der Waals surface area (Å²) in [4.78, 5) is 20.3. The molecule has 1 aromatic heterocycles. The highest BCUT2D eigenvalue weighted by molar-refractivity contribution is 5.77. The Bertz CT molecular complexity index is 418. The Kier molecular flexibility index (Phi) is 3.41. The maximum Gasteiger partial charge on any atom is 0.309 e. The van der Waals surface area contributed by atoms with Crippen molar-refractivity contribution in [2.24, 2.45) is 11.8 Å². The van der Waals surface area contributed by atoms with E-state index in [1.807, 2.05) is 26.8 Å². The van der Waals surface area contributed by atoms with Gasteiger partial charge in [-0.2, -0.15) is 0 Å². The van der Waals surface area contributed by atoms with E-state index in [-0.39, 0.29) is 17.8 Å². The SMILES string of the molecule is Cc1ccnc([C@H]2C[C@@H]2C(=O)OCC(C)C)n1. The number of carbonyl (C=O) groups excluding carboxylic acids is 1. The summed E-state index contributed by atoms with van der Waals surface area (Å²) in [6, 6.07) is 1.86. The van der Waals surface area contributed by atoms with E-state index in [0.29, 0.717) is 12.5 Å². The summed E-state index contributed by atoms with van der Waals surface area (Å²) in [6.07, 6.45) is 2.56. The molecule has 0 radical (unpaired) electrons. The zero-order valence-electron chi connectivity index (χ0n) is 10.5. The lowest BCUT2D eigenvalue weighted by Crippen LogP contribution is -2.12. The van der Waals surface area contributed by atoms with Crippen molar-refractivity contribution in [3.63, 3.8) is 0 Å². The van der Waals surface area contributed by atoms with Crippen LogP contribution in [0.4, 0.5) is 0 Å². The third kappa shape index (κ3) is 3.02. The summed E-state index contributed by atoms with van der Waals surface area (Å²) in [6.45, 7) is 6.49. The zero-order valence-corrected chi connectivity index (χ0v) is 10.5. The Morgan fingerprint density at radius 1 is 1.59 bits per heavy atom. The van der Waals surface area contributed by atoms with Gasteiger partial charge in [0.2, 0.25) is 0 Å². The third-order valence-corrected chi connectivity index (χ3v) is 2.80. The molecule has 0 spiro atoms. The van der Waals surface area contributed by atoms with Gasteiger partial charge in [0.25, 0.3) is 0 Å². The van der Waals surface area contributed by atoms with Gasteiger partial charge < -0.3 is 4.74 Å². The molecule has 1 aromatic rings. The summed E-state index contributed by atoms with van der Waals surface area (Å²) >= 11 is 0. The first-order chi connectivity index (χ1) is 8.08. The fraction of sp³-hybridized carbons (Fsp3) is 0.615. The van der Waals surface area contributed by atoms with E-state index in [4.69, 9.17) is 4.74 Å². The lowest BCUT2D eigenvalue weighted by atomic mass is 10.2. The Morgan fingerprint density at radius 3 is 3.00 bits per heavy atom. The van der Waals surface area contributed by atoms with Gasteiger partial charge in [-0.25, -0.2) is 9.97 Å². The van der Waals surface area contributed by atoms with Gasteiger partial charge in [0.15, 0.2) is 0 Å². The van der Waals surface area contributed by atoms with Crippen LogP contribution < -0.4 is 0 Å². The van der Waals surface area contributed by atoms with Crippen molar-refractivity contribution in [3.05, 3.63) is 23.8 Å². The van der Waals surface area contributed by atoms with E-state index in [1.165, 1.54) is 0 Å². The summed E-state index contributed by atoms with van der Waals surface area (Å²) in [7, 11) is 0. The molecule has 4 heteroatoms. The van der Waals surface area contributed by atoms with Crippen LogP contribution in [0, 0.1) is 18.8 Å². The Morgan fingerprint density at radius 2 is 2.35 bits per heavy atom. The molecule has 0 aromatic carbocycles. The first-order valence-corrected chi connectivity index (χ1v) is 6.04. The highest BCUT2D eigenvalue weighted by Gasteiger charge is 2.47.